The lowest BCUT2D eigenvalue weighted by Gasteiger charge is -2.16. The van der Waals surface area contributed by atoms with Crippen molar-refractivity contribution in [1.82, 2.24) is 0 Å². The first-order valence-corrected chi connectivity index (χ1v) is 6.28. The normalized spacial score (nSPS) is 12.8. The number of benzene rings is 1. The van der Waals surface area contributed by atoms with Crippen LogP contribution in [0.3, 0.4) is 0 Å². The monoisotopic (exact) mass is 234 g/mol. The van der Waals surface area contributed by atoms with Crippen LogP contribution in [0.4, 0.5) is 0 Å². The number of rotatable bonds is 6. The van der Waals surface area contributed by atoms with E-state index in [1.54, 1.807) is 6.92 Å². The Balaban J connectivity index is 2.83. The molecule has 0 aliphatic heterocycles. The van der Waals surface area contributed by atoms with Crippen LogP contribution in [-0.4, -0.2) is 12.4 Å². The van der Waals surface area contributed by atoms with E-state index < -0.39 is 6.10 Å². The van der Waals surface area contributed by atoms with Gasteiger partial charge in [0.25, 0.3) is 0 Å². The van der Waals surface area contributed by atoms with Crippen LogP contribution >= 0.6 is 0 Å². The standard InChI is InChI=1S/C15H22O2/c1-5-10-17-15(12(4)16)14-8-6-13(7-9-14)11(2)3/h6-9,11,15H,5,10H2,1-4H3. The van der Waals surface area contributed by atoms with E-state index in [2.05, 4.69) is 26.0 Å². The number of Topliss-reactive ketones (excluding diaryl/α,β-unsaturated/α-hetero) is 1. The molecule has 1 atom stereocenters. The topological polar surface area (TPSA) is 26.3 Å². The van der Waals surface area contributed by atoms with Gasteiger partial charge in [-0.15, -0.1) is 0 Å². The first-order valence-electron chi connectivity index (χ1n) is 6.28. The molecule has 0 saturated carbocycles. The molecule has 94 valence electrons. The fourth-order valence-corrected chi connectivity index (χ4v) is 1.74. The van der Waals surface area contributed by atoms with Crippen molar-refractivity contribution in [2.45, 2.75) is 46.1 Å². The molecule has 0 bridgehead atoms. The lowest BCUT2D eigenvalue weighted by Crippen LogP contribution is -2.13. The van der Waals surface area contributed by atoms with Gasteiger partial charge in [0.1, 0.15) is 6.10 Å². The zero-order chi connectivity index (χ0) is 12.8. The van der Waals surface area contributed by atoms with Crippen LogP contribution in [0.5, 0.6) is 0 Å². The van der Waals surface area contributed by atoms with Crippen LogP contribution < -0.4 is 0 Å². The van der Waals surface area contributed by atoms with Crippen molar-refractivity contribution in [3.63, 3.8) is 0 Å². The van der Waals surface area contributed by atoms with Crippen LogP contribution in [-0.2, 0) is 9.53 Å². The van der Waals surface area contributed by atoms with Crippen LogP contribution in [0.15, 0.2) is 24.3 Å². The van der Waals surface area contributed by atoms with Gasteiger partial charge in [-0.05, 0) is 30.4 Å². The lowest BCUT2D eigenvalue weighted by molar-refractivity contribution is -0.128. The number of carbonyl (C=O) groups is 1. The Morgan fingerprint density at radius 1 is 1.18 bits per heavy atom. The first kappa shape index (κ1) is 13.9. The van der Waals surface area contributed by atoms with Gasteiger partial charge in [-0.25, -0.2) is 0 Å². The summed E-state index contributed by atoms with van der Waals surface area (Å²) >= 11 is 0. The van der Waals surface area contributed by atoms with Crippen molar-refractivity contribution in [3.05, 3.63) is 35.4 Å². The van der Waals surface area contributed by atoms with Crippen LogP contribution in [0.1, 0.15) is 57.3 Å². The highest BCUT2D eigenvalue weighted by molar-refractivity contribution is 5.81. The molecule has 0 radical (unpaired) electrons. The van der Waals surface area contributed by atoms with Gasteiger partial charge in [0.15, 0.2) is 5.78 Å². The maximum atomic E-state index is 11.5. The molecular formula is C15H22O2. The molecule has 0 amide bonds. The summed E-state index contributed by atoms with van der Waals surface area (Å²) in [5, 5.41) is 0. The average molecular weight is 234 g/mol. The molecule has 0 fully saturated rings. The Morgan fingerprint density at radius 3 is 2.12 bits per heavy atom. The van der Waals surface area contributed by atoms with E-state index in [0.29, 0.717) is 12.5 Å². The zero-order valence-electron chi connectivity index (χ0n) is 11.2. The van der Waals surface area contributed by atoms with Gasteiger partial charge in [-0.3, -0.25) is 4.79 Å². The highest BCUT2D eigenvalue weighted by Crippen LogP contribution is 2.22. The quantitative estimate of drug-likeness (QED) is 0.747. The third-order valence-corrected chi connectivity index (χ3v) is 2.76. The summed E-state index contributed by atoms with van der Waals surface area (Å²) in [6.07, 6.45) is 0.518. The number of hydrogen-bond acceptors (Lipinski definition) is 2. The fourth-order valence-electron chi connectivity index (χ4n) is 1.74. The summed E-state index contributed by atoms with van der Waals surface area (Å²) in [6, 6.07) is 8.14. The minimum absolute atomic E-state index is 0.0655. The van der Waals surface area contributed by atoms with Gasteiger partial charge in [0.2, 0.25) is 0 Å². The van der Waals surface area contributed by atoms with Crippen molar-refractivity contribution in [1.29, 1.82) is 0 Å². The van der Waals surface area contributed by atoms with Crippen molar-refractivity contribution < 1.29 is 9.53 Å². The molecule has 0 aliphatic rings. The Kier molecular flexibility index (Phi) is 5.36. The van der Waals surface area contributed by atoms with Gasteiger partial charge in [0.05, 0.1) is 0 Å². The van der Waals surface area contributed by atoms with Crippen LogP contribution in [0.2, 0.25) is 0 Å². The molecule has 1 rings (SSSR count). The van der Waals surface area contributed by atoms with E-state index in [1.807, 2.05) is 19.1 Å². The van der Waals surface area contributed by atoms with Gasteiger partial charge in [-0.2, -0.15) is 0 Å². The second kappa shape index (κ2) is 6.55. The second-order valence-corrected chi connectivity index (χ2v) is 4.68. The van der Waals surface area contributed by atoms with E-state index in [0.717, 1.165) is 12.0 Å². The van der Waals surface area contributed by atoms with Gasteiger partial charge in [-0.1, -0.05) is 45.0 Å². The summed E-state index contributed by atoms with van der Waals surface area (Å²) in [4.78, 5) is 11.5. The molecule has 0 spiro atoms. The maximum absolute atomic E-state index is 11.5. The van der Waals surface area contributed by atoms with Gasteiger partial charge in [0, 0.05) is 6.61 Å². The molecule has 1 unspecified atom stereocenters. The molecule has 0 heterocycles. The molecule has 0 saturated heterocycles. The molecule has 0 aliphatic carbocycles. The first-order chi connectivity index (χ1) is 8.06. The minimum atomic E-state index is -0.406. The third kappa shape index (κ3) is 3.97. The van der Waals surface area contributed by atoms with Gasteiger partial charge < -0.3 is 4.74 Å². The Hall–Kier alpha value is -1.15. The van der Waals surface area contributed by atoms with Crippen molar-refractivity contribution in [2.24, 2.45) is 0 Å². The molecule has 2 nitrogen and oxygen atoms in total. The van der Waals surface area contributed by atoms with Gasteiger partial charge >= 0.3 is 0 Å². The Bertz CT molecular complexity index is 352. The fraction of sp³-hybridized carbons (Fsp3) is 0.533. The predicted octanol–water partition coefficient (Wildman–Crippen LogP) is 3.87. The van der Waals surface area contributed by atoms with Crippen molar-refractivity contribution >= 4 is 5.78 Å². The van der Waals surface area contributed by atoms with E-state index in [4.69, 9.17) is 4.74 Å². The van der Waals surface area contributed by atoms with E-state index in [9.17, 15) is 4.79 Å². The third-order valence-electron chi connectivity index (χ3n) is 2.76. The van der Waals surface area contributed by atoms with Crippen molar-refractivity contribution in [3.8, 4) is 0 Å². The van der Waals surface area contributed by atoms with Crippen molar-refractivity contribution in [2.75, 3.05) is 6.61 Å². The molecule has 2 heteroatoms. The van der Waals surface area contributed by atoms with Crippen LogP contribution in [0, 0.1) is 0 Å². The van der Waals surface area contributed by atoms with E-state index in [1.165, 1.54) is 5.56 Å². The summed E-state index contributed by atoms with van der Waals surface area (Å²) in [7, 11) is 0. The largest absolute Gasteiger partial charge is 0.366 e. The summed E-state index contributed by atoms with van der Waals surface area (Å²) in [5.41, 5.74) is 2.24. The second-order valence-electron chi connectivity index (χ2n) is 4.68. The summed E-state index contributed by atoms with van der Waals surface area (Å²) in [6.45, 7) is 8.56. The maximum Gasteiger partial charge on any atom is 0.163 e. The molecule has 1 aromatic carbocycles. The van der Waals surface area contributed by atoms with E-state index in [-0.39, 0.29) is 5.78 Å². The smallest absolute Gasteiger partial charge is 0.163 e. The summed E-state index contributed by atoms with van der Waals surface area (Å²) < 4.78 is 5.59. The molecule has 0 N–H and O–H groups in total. The molecular weight excluding hydrogens is 212 g/mol. The minimum Gasteiger partial charge on any atom is -0.366 e. The Labute approximate surface area is 104 Å². The average Bonchev–Trinajstić information content (AvgIpc) is 2.29. The summed E-state index contributed by atoms with van der Waals surface area (Å²) in [5.74, 6) is 0.576. The van der Waals surface area contributed by atoms with Crippen LogP contribution in [0.25, 0.3) is 0 Å². The predicted molar refractivity (Wildman–Crippen MR) is 70.2 cm³/mol. The number of hydrogen-bond donors (Lipinski definition) is 0. The highest BCUT2D eigenvalue weighted by atomic mass is 16.5. The SMILES string of the molecule is CCCOC(C(C)=O)c1ccc(C(C)C)cc1. The molecule has 17 heavy (non-hydrogen) atoms. The Morgan fingerprint density at radius 2 is 1.71 bits per heavy atom. The molecule has 1 aromatic rings. The number of ketones is 1. The number of carbonyl (C=O) groups excluding carboxylic acids is 1. The van der Waals surface area contributed by atoms with E-state index >= 15 is 0 Å². The molecule has 0 aromatic heterocycles. The number of ether oxygens (including phenoxy) is 1. The highest BCUT2D eigenvalue weighted by Gasteiger charge is 2.16. The zero-order valence-corrected chi connectivity index (χ0v) is 11.2. The lowest BCUT2D eigenvalue weighted by atomic mass is 9.99.